The van der Waals surface area contributed by atoms with Crippen LogP contribution in [0.5, 0.6) is 5.88 Å². The number of ether oxygens (including phenoxy) is 1. The minimum atomic E-state index is -0.771. The lowest BCUT2D eigenvalue weighted by Crippen LogP contribution is -2.31. The molecule has 0 spiro atoms. The highest BCUT2D eigenvalue weighted by atomic mass is 32.2. The molecule has 2 rings (SSSR count). The molecule has 21 heavy (non-hydrogen) atoms. The number of benzene rings is 1. The van der Waals surface area contributed by atoms with E-state index in [1.807, 2.05) is 6.07 Å². The van der Waals surface area contributed by atoms with E-state index in [2.05, 4.69) is 4.98 Å². The third-order valence-electron chi connectivity index (χ3n) is 2.55. The zero-order chi connectivity index (χ0) is 15.2. The zero-order valence-electron chi connectivity index (χ0n) is 11.0. The number of hydrogen-bond acceptors (Lipinski definition) is 6. The molecule has 0 aliphatic carbocycles. The fourth-order valence-corrected chi connectivity index (χ4v) is 2.45. The molecule has 0 aliphatic heterocycles. The second kappa shape index (κ2) is 7.11. The molecular weight excluding hydrogens is 296 g/mol. The fraction of sp³-hybridized carbons (Fsp3) is 0.231. The maximum absolute atomic E-state index is 11.8. The van der Waals surface area contributed by atoms with Gasteiger partial charge in [0, 0.05) is 4.90 Å². The van der Waals surface area contributed by atoms with Crippen molar-refractivity contribution in [2.75, 3.05) is 13.2 Å². The topological polar surface area (TPSA) is 105 Å². The van der Waals surface area contributed by atoms with Crippen LogP contribution in [0.1, 0.15) is 0 Å². The molecule has 8 heteroatoms. The minimum Gasteiger partial charge on any atom is -0.493 e. The summed E-state index contributed by atoms with van der Waals surface area (Å²) in [5.74, 6) is -0.462. The van der Waals surface area contributed by atoms with Crippen molar-refractivity contribution in [2.24, 2.45) is 0 Å². The first-order valence-corrected chi connectivity index (χ1v) is 6.92. The van der Waals surface area contributed by atoms with Crippen LogP contribution < -0.4 is 11.2 Å². The highest BCUT2D eigenvalue weighted by molar-refractivity contribution is 7.99. The summed E-state index contributed by atoms with van der Waals surface area (Å²) in [4.78, 5) is 26.4. The Balaban J connectivity index is 2.35. The molecule has 7 nitrogen and oxygen atoms in total. The van der Waals surface area contributed by atoms with Gasteiger partial charge in [0.1, 0.15) is 11.6 Å². The van der Waals surface area contributed by atoms with Gasteiger partial charge in [0.25, 0.3) is 5.56 Å². The molecule has 0 atom stereocenters. The largest absolute Gasteiger partial charge is 0.493 e. The number of nitrogens with zero attached hydrogens (tertiary/aromatic N) is 1. The van der Waals surface area contributed by atoms with E-state index in [0.29, 0.717) is 0 Å². The summed E-state index contributed by atoms with van der Waals surface area (Å²) in [5, 5.41) is 18.7. The lowest BCUT2D eigenvalue weighted by atomic mass is 10.4. The molecule has 1 heterocycles. The van der Waals surface area contributed by atoms with Gasteiger partial charge in [0.15, 0.2) is 0 Å². The quantitative estimate of drug-likeness (QED) is 0.666. The maximum Gasteiger partial charge on any atom is 0.333 e. The van der Waals surface area contributed by atoms with Gasteiger partial charge in [-0.15, -0.1) is 0 Å². The van der Waals surface area contributed by atoms with Gasteiger partial charge in [-0.1, -0.05) is 30.0 Å². The highest BCUT2D eigenvalue weighted by Crippen LogP contribution is 2.30. The standard InChI is InChI=1S/C13H14N2O5S/c16-6-7-20-8-15-12(18)10(11(17)14-13(15)19)21-9-4-2-1-3-5-9/h1-5,16,18H,6-8H2,(H,14,17,19). The first kappa shape index (κ1) is 15.4. The first-order chi connectivity index (χ1) is 10.1. The molecule has 1 aromatic carbocycles. The second-order valence-electron chi connectivity index (χ2n) is 4.02. The zero-order valence-corrected chi connectivity index (χ0v) is 11.8. The van der Waals surface area contributed by atoms with Gasteiger partial charge in [-0.25, -0.2) is 9.36 Å². The number of aliphatic hydroxyl groups excluding tert-OH is 1. The number of hydrogen-bond donors (Lipinski definition) is 3. The van der Waals surface area contributed by atoms with Crippen molar-refractivity contribution >= 4 is 11.8 Å². The van der Waals surface area contributed by atoms with Crippen LogP contribution in [0, 0.1) is 0 Å². The SMILES string of the molecule is O=c1[nH]c(=O)n(COCCO)c(O)c1Sc1ccccc1. The van der Waals surface area contributed by atoms with Crippen molar-refractivity contribution in [1.82, 2.24) is 9.55 Å². The van der Waals surface area contributed by atoms with E-state index >= 15 is 0 Å². The smallest absolute Gasteiger partial charge is 0.333 e. The monoisotopic (exact) mass is 310 g/mol. The Morgan fingerprint density at radius 2 is 1.95 bits per heavy atom. The van der Waals surface area contributed by atoms with Gasteiger partial charge in [-0.2, -0.15) is 0 Å². The van der Waals surface area contributed by atoms with Gasteiger partial charge < -0.3 is 14.9 Å². The first-order valence-electron chi connectivity index (χ1n) is 6.11. The molecule has 0 saturated heterocycles. The molecule has 2 aromatic rings. The van der Waals surface area contributed by atoms with E-state index in [4.69, 9.17) is 9.84 Å². The Hall–Kier alpha value is -2.03. The predicted molar refractivity (Wildman–Crippen MR) is 76.6 cm³/mol. The number of aromatic nitrogens is 2. The molecule has 1 aromatic heterocycles. The number of rotatable bonds is 6. The maximum atomic E-state index is 11.8. The summed E-state index contributed by atoms with van der Waals surface area (Å²) in [5.41, 5.74) is -1.43. The molecule has 0 radical (unpaired) electrons. The van der Waals surface area contributed by atoms with Crippen molar-refractivity contribution < 1.29 is 14.9 Å². The van der Waals surface area contributed by atoms with Crippen molar-refractivity contribution in [3.63, 3.8) is 0 Å². The van der Waals surface area contributed by atoms with Gasteiger partial charge in [0.2, 0.25) is 5.88 Å². The molecule has 0 bridgehead atoms. The lowest BCUT2D eigenvalue weighted by Gasteiger charge is -2.11. The summed E-state index contributed by atoms with van der Waals surface area (Å²) in [6.45, 7) is -0.443. The van der Waals surface area contributed by atoms with E-state index in [-0.39, 0.29) is 24.8 Å². The molecule has 112 valence electrons. The molecule has 3 N–H and O–H groups in total. The van der Waals surface area contributed by atoms with Crippen molar-refractivity contribution in [2.45, 2.75) is 16.5 Å². The van der Waals surface area contributed by atoms with Gasteiger partial charge >= 0.3 is 5.69 Å². The third kappa shape index (κ3) is 3.75. The average Bonchev–Trinajstić information content (AvgIpc) is 2.48. The van der Waals surface area contributed by atoms with Gasteiger partial charge in [0.05, 0.1) is 13.2 Å². The Labute approximate surface area is 123 Å². The molecule has 0 saturated carbocycles. The average molecular weight is 310 g/mol. The van der Waals surface area contributed by atoms with Crippen LogP contribution >= 0.6 is 11.8 Å². The van der Waals surface area contributed by atoms with E-state index in [0.717, 1.165) is 21.2 Å². The van der Waals surface area contributed by atoms with Crippen molar-refractivity contribution in [3.05, 3.63) is 51.2 Å². The summed E-state index contributed by atoms with van der Waals surface area (Å²) < 4.78 is 5.89. The lowest BCUT2D eigenvalue weighted by molar-refractivity contribution is 0.0409. The van der Waals surface area contributed by atoms with E-state index in [9.17, 15) is 14.7 Å². The third-order valence-corrected chi connectivity index (χ3v) is 3.63. The number of H-pyrrole nitrogens is 1. The number of aromatic hydroxyl groups is 1. The fourth-order valence-electron chi connectivity index (χ4n) is 1.58. The Morgan fingerprint density at radius 3 is 2.62 bits per heavy atom. The molecule has 0 unspecified atom stereocenters. The summed E-state index contributed by atoms with van der Waals surface area (Å²) in [7, 11) is 0. The van der Waals surface area contributed by atoms with Crippen LogP contribution in [0.15, 0.2) is 49.7 Å². The Kier molecular flexibility index (Phi) is 5.20. The molecular formula is C13H14N2O5S. The highest BCUT2D eigenvalue weighted by Gasteiger charge is 2.15. The summed E-state index contributed by atoms with van der Waals surface area (Å²) in [6.07, 6.45) is 0. The second-order valence-corrected chi connectivity index (χ2v) is 5.10. The normalized spacial score (nSPS) is 10.7. The van der Waals surface area contributed by atoms with E-state index in [1.54, 1.807) is 24.3 Å². The van der Waals surface area contributed by atoms with Gasteiger partial charge in [-0.3, -0.25) is 9.78 Å². The van der Waals surface area contributed by atoms with Crippen LogP contribution in [-0.2, 0) is 11.5 Å². The van der Waals surface area contributed by atoms with Crippen molar-refractivity contribution in [1.29, 1.82) is 0 Å². The van der Waals surface area contributed by atoms with E-state index in [1.165, 1.54) is 0 Å². The van der Waals surface area contributed by atoms with Crippen LogP contribution in [0.3, 0.4) is 0 Å². The number of aromatic amines is 1. The molecule has 0 aliphatic rings. The number of nitrogens with one attached hydrogen (secondary N) is 1. The van der Waals surface area contributed by atoms with Crippen LogP contribution in [0.2, 0.25) is 0 Å². The summed E-state index contributed by atoms with van der Waals surface area (Å²) in [6, 6.07) is 8.99. The molecule has 0 fully saturated rings. The van der Waals surface area contributed by atoms with E-state index < -0.39 is 17.1 Å². The van der Waals surface area contributed by atoms with Crippen LogP contribution in [0.25, 0.3) is 0 Å². The van der Waals surface area contributed by atoms with Crippen LogP contribution in [-0.4, -0.2) is 33.0 Å². The number of aliphatic hydroxyl groups is 1. The van der Waals surface area contributed by atoms with Gasteiger partial charge in [-0.05, 0) is 12.1 Å². The molecule has 0 amide bonds. The Morgan fingerprint density at radius 1 is 1.24 bits per heavy atom. The van der Waals surface area contributed by atoms with Crippen molar-refractivity contribution in [3.8, 4) is 5.88 Å². The summed E-state index contributed by atoms with van der Waals surface area (Å²) >= 11 is 1.04. The Bertz CT molecular complexity index is 711. The van der Waals surface area contributed by atoms with Crippen LogP contribution in [0.4, 0.5) is 0 Å². The minimum absolute atomic E-state index is 0.00778. The predicted octanol–water partition coefficient (Wildman–Crippen LogP) is 0.360.